The van der Waals surface area contributed by atoms with Crippen LogP contribution < -0.4 is 10.3 Å². The Morgan fingerprint density at radius 2 is 2.21 bits per heavy atom. The number of hydrogen-bond acceptors (Lipinski definition) is 6. The van der Waals surface area contributed by atoms with E-state index in [1.165, 1.54) is 21.4 Å². The Morgan fingerprint density at radius 3 is 3.00 bits per heavy atom. The van der Waals surface area contributed by atoms with E-state index >= 15 is 0 Å². The molecule has 0 aliphatic rings. The molecule has 0 aliphatic carbocycles. The Kier molecular flexibility index (Phi) is 5.52. The molecule has 0 atom stereocenters. The van der Waals surface area contributed by atoms with Gasteiger partial charge in [-0.1, -0.05) is 30.4 Å². The Balaban J connectivity index is 1.53. The average molecular weight is 361 g/mol. The number of hydrogen-bond donors (Lipinski definition) is 0. The van der Waals surface area contributed by atoms with Crippen LogP contribution in [0.4, 0.5) is 0 Å². The molecule has 3 aromatic rings. The fraction of sp³-hybridized carbons (Fsp3) is 0.353. The first kappa shape index (κ1) is 17.0. The van der Waals surface area contributed by atoms with E-state index < -0.39 is 0 Å². The Morgan fingerprint density at radius 1 is 1.33 bits per heavy atom. The monoisotopic (exact) mass is 361 g/mol. The van der Waals surface area contributed by atoms with Gasteiger partial charge in [-0.15, -0.1) is 0 Å². The molecule has 0 bridgehead atoms. The van der Waals surface area contributed by atoms with Crippen LogP contribution >= 0.6 is 23.1 Å². The number of ether oxygens (including phenoxy) is 1. The number of aryl methyl sites for hydroxylation is 2. The Labute approximate surface area is 148 Å². The highest BCUT2D eigenvalue weighted by Crippen LogP contribution is 2.16. The molecule has 2 aromatic heterocycles. The summed E-state index contributed by atoms with van der Waals surface area (Å²) in [5, 5.41) is 5.18. The summed E-state index contributed by atoms with van der Waals surface area (Å²) in [6.07, 6.45) is 0.813. The largest absolute Gasteiger partial charge is 0.493 e. The van der Waals surface area contributed by atoms with Crippen LogP contribution in [0.1, 0.15) is 23.2 Å². The molecule has 0 spiro atoms. The molecule has 0 N–H and O–H groups in total. The van der Waals surface area contributed by atoms with Crippen molar-refractivity contribution in [2.24, 2.45) is 0 Å². The van der Waals surface area contributed by atoms with Gasteiger partial charge in [-0.2, -0.15) is 21.4 Å². The molecule has 0 fully saturated rings. The van der Waals surface area contributed by atoms with Gasteiger partial charge >= 0.3 is 0 Å². The van der Waals surface area contributed by atoms with Crippen LogP contribution in [0, 0.1) is 6.92 Å². The van der Waals surface area contributed by atoms with Crippen LogP contribution in [0.15, 0.2) is 35.1 Å². The summed E-state index contributed by atoms with van der Waals surface area (Å²) < 4.78 is 7.11. The van der Waals surface area contributed by atoms with E-state index in [1.807, 2.05) is 38.1 Å². The lowest BCUT2D eigenvalue weighted by atomic mass is 10.2. The second-order valence-corrected chi connectivity index (χ2v) is 7.49. The van der Waals surface area contributed by atoms with Gasteiger partial charge in [-0.25, -0.2) is 4.98 Å². The number of fused-ring (bicyclic) bond motifs is 1. The maximum Gasteiger partial charge on any atom is 0.275 e. The summed E-state index contributed by atoms with van der Waals surface area (Å²) >= 11 is 3.18. The molecule has 3 rings (SSSR count). The van der Waals surface area contributed by atoms with Gasteiger partial charge in [0.15, 0.2) is 0 Å². The van der Waals surface area contributed by atoms with Gasteiger partial charge < -0.3 is 4.74 Å². The normalized spacial score (nSPS) is 11.1. The zero-order valence-corrected chi connectivity index (χ0v) is 15.3. The van der Waals surface area contributed by atoms with E-state index in [2.05, 4.69) is 10.1 Å². The molecule has 126 valence electrons. The van der Waals surface area contributed by atoms with E-state index in [4.69, 9.17) is 4.74 Å². The summed E-state index contributed by atoms with van der Waals surface area (Å²) in [5.41, 5.74) is 1.88. The first-order valence-electron chi connectivity index (χ1n) is 7.81. The standard InChI is InChI=1S/C17H19N3O2S2/c1-3-15-19-20-16(21)10-13(18-17(20)24-15)11-23-8-7-22-14-6-4-5-12(2)9-14/h4-6,9-10H,3,7-8,11H2,1-2H3. The van der Waals surface area contributed by atoms with Crippen LogP contribution in [-0.2, 0) is 12.2 Å². The van der Waals surface area contributed by atoms with Crippen LogP contribution in [0.2, 0.25) is 0 Å². The summed E-state index contributed by atoms with van der Waals surface area (Å²) in [6, 6.07) is 9.59. The van der Waals surface area contributed by atoms with Crippen molar-refractivity contribution in [2.45, 2.75) is 26.0 Å². The van der Waals surface area contributed by atoms with Crippen molar-refractivity contribution in [1.29, 1.82) is 0 Å². The van der Waals surface area contributed by atoms with Crippen molar-refractivity contribution in [2.75, 3.05) is 12.4 Å². The van der Waals surface area contributed by atoms with Crippen molar-refractivity contribution in [1.82, 2.24) is 14.6 Å². The first-order chi connectivity index (χ1) is 11.7. The second-order valence-electron chi connectivity index (χ2n) is 5.35. The number of aromatic nitrogens is 3. The minimum absolute atomic E-state index is 0.109. The predicted molar refractivity (Wildman–Crippen MR) is 99.3 cm³/mol. The maximum absolute atomic E-state index is 12.1. The SMILES string of the molecule is CCc1nn2c(=O)cc(CSCCOc3cccc(C)c3)nc2s1. The van der Waals surface area contributed by atoms with E-state index in [-0.39, 0.29) is 5.56 Å². The van der Waals surface area contributed by atoms with Crippen LogP contribution in [0.25, 0.3) is 4.96 Å². The fourth-order valence-corrected chi connectivity index (χ4v) is 3.77. The Hall–Kier alpha value is -1.86. The smallest absolute Gasteiger partial charge is 0.275 e. The van der Waals surface area contributed by atoms with E-state index in [9.17, 15) is 4.79 Å². The molecule has 5 nitrogen and oxygen atoms in total. The van der Waals surface area contributed by atoms with Crippen molar-refractivity contribution in [3.8, 4) is 5.75 Å². The first-order valence-corrected chi connectivity index (χ1v) is 9.78. The van der Waals surface area contributed by atoms with Gasteiger partial charge in [0.25, 0.3) is 5.56 Å². The Bertz CT molecular complexity index is 889. The summed E-state index contributed by atoms with van der Waals surface area (Å²) in [6.45, 7) is 4.70. The lowest BCUT2D eigenvalue weighted by molar-refractivity contribution is 0.343. The molecular weight excluding hydrogens is 342 g/mol. The molecule has 2 heterocycles. The van der Waals surface area contributed by atoms with E-state index in [0.717, 1.165) is 28.6 Å². The predicted octanol–water partition coefficient (Wildman–Crippen LogP) is 3.33. The fourth-order valence-electron chi connectivity index (χ4n) is 2.21. The molecular formula is C17H19N3O2S2. The third-order valence-corrected chi connectivity index (χ3v) is 5.39. The van der Waals surface area contributed by atoms with Gasteiger partial charge in [0.2, 0.25) is 4.96 Å². The van der Waals surface area contributed by atoms with Crippen molar-refractivity contribution in [3.63, 3.8) is 0 Å². The minimum Gasteiger partial charge on any atom is -0.493 e. The second kappa shape index (κ2) is 7.81. The van der Waals surface area contributed by atoms with Gasteiger partial charge in [0.1, 0.15) is 10.8 Å². The molecule has 24 heavy (non-hydrogen) atoms. The quantitative estimate of drug-likeness (QED) is 0.604. The van der Waals surface area contributed by atoms with Crippen LogP contribution in [-0.4, -0.2) is 27.0 Å². The highest BCUT2D eigenvalue weighted by atomic mass is 32.2. The van der Waals surface area contributed by atoms with Crippen molar-refractivity contribution in [3.05, 3.63) is 57.0 Å². The van der Waals surface area contributed by atoms with Gasteiger partial charge in [-0.05, 0) is 31.0 Å². The zero-order valence-electron chi connectivity index (χ0n) is 13.7. The van der Waals surface area contributed by atoms with E-state index in [1.54, 1.807) is 17.8 Å². The highest BCUT2D eigenvalue weighted by molar-refractivity contribution is 7.98. The van der Waals surface area contributed by atoms with Crippen LogP contribution in [0.5, 0.6) is 5.75 Å². The number of benzene rings is 1. The summed E-state index contributed by atoms with van der Waals surface area (Å²) in [5.74, 6) is 2.44. The maximum atomic E-state index is 12.1. The molecule has 0 radical (unpaired) electrons. The lowest BCUT2D eigenvalue weighted by Crippen LogP contribution is -2.15. The number of nitrogens with zero attached hydrogens (tertiary/aromatic N) is 3. The average Bonchev–Trinajstić information content (AvgIpc) is 2.98. The van der Waals surface area contributed by atoms with E-state index in [0.29, 0.717) is 17.3 Å². The van der Waals surface area contributed by atoms with Gasteiger partial charge in [0.05, 0.1) is 12.3 Å². The molecule has 0 saturated heterocycles. The molecule has 7 heteroatoms. The van der Waals surface area contributed by atoms with Gasteiger partial charge in [-0.3, -0.25) is 4.79 Å². The number of rotatable bonds is 7. The third-order valence-electron chi connectivity index (χ3n) is 3.38. The molecule has 1 aromatic carbocycles. The topological polar surface area (TPSA) is 56.5 Å². The molecule has 0 unspecified atom stereocenters. The highest BCUT2D eigenvalue weighted by Gasteiger charge is 2.08. The summed E-state index contributed by atoms with van der Waals surface area (Å²) in [4.78, 5) is 17.3. The zero-order chi connectivity index (χ0) is 16.9. The third kappa shape index (κ3) is 4.15. The number of thioether (sulfide) groups is 1. The lowest BCUT2D eigenvalue weighted by Gasteiger charge is -2.06. The van der Waals surface area contributed by atoms with Crippen molar-refractivity contribution >= 4 is 28.1 Å². The molecule has 0 aliphatic heterocycles. The molecule has 0 amide bonds. The summed E-state index contributed by atoms with van der Waals surface area (Å²) in [7, 11) is 0. The van der Waals surface area contributed by atoms with Gasteiger partial charge in [0, 0.05) is 17.6 Å². The molecule has 0 saturated carbocycles. The van der Waals surface area contributed by atoms with Crippen LogP contribution in [0.3, 0.4) is 0 Å². The van der Waals surface area contributed by atoms with Crippen molar-refractivity contribution < 1.29 is 4.74 Å². The minimum atomic E-state index is -0.109.